The van der Waals surface area contributed by atoms with Crippen molar-refractivity contribution in [3.8, 4) is 16.9 Å². The Balaban J connectivity index is 1.54. The number of hydrogen-bond donors (Lipinski definition) is 0. The smallest absolute Gasteiger partial charge is 0.142 e. The lowest BCUT2D eigenvalue weighted by Gasteiger charge is -2.10. The molecule has 0 saturated heterocycles. The van der Waals surface area contributed by atoms with E-state index in [1.54, 1.807) is 6.07 Å². The zero-order chi connectivity index (χ0) is 21.8. The first kappa shape index (κ1) is 21.3. The molecule has 0 N–H and O–H groups in total. The van der Waals surface area contributed by atoms with Crippen LogP contribution in [0.3, 0.4) is 0 Å². The Bertz CT molecular complexity index is 1200. The van der Waals surface area contributed by atoms with E-state index in [-0.39, 0.29) is 10.8 Å². The van der Waals surface area contributed by atoms with Crippen LogP contribution in [0.25, 0.3) is 21.9 Å². The van der Waals surface area contributed by atoms with Crippen molar-refractivity contribution in [3.05, 3.63) is 101 Å². The van der Waals surface area contributed by atoms with Gasteiger partial charge in [-0.1, -0.05) is 61.0 Å². The first-order valence-corrected chi connectivity index (χ1v) is 10.8. The lowest BCUT2D eigenvalue weighted by molar-refractivity contribution is 0.317. The highest BCUT2D eigenvalue weighted by atomic mass is 35.5. The van der Waals surface area contributed by atoms with Gasteiger partial charge in [0.05, 0.1) is 11.6 Å². The van der Waals surface area contributed by atoms with Gasteiger partial charge in [-0.15, -0.1) is 0 Å². The number of ether oxygens (including phenoxy) is 1. The molecule has 0 heterocycles. The standard InChI is InChI=1S/C27H23ClF2O/c1-2-15-31-23-11-8-19(9-12-23)21-10-13-24-22(17-21)7-6-20(27(24)30)5-3-18-4-14-25(28)26(29)16-18/h4,6-14,16-17H,2-3,5,15H2,1H3. The fraction of sp³-hybridized carbons (Fsp3) is 0.185. The summed E-state index contributed by atoms with van der Waals surface area (Å²) >= 11 is 5.73. The van der Waals surface area contributed by atoms with Gasteiger partial charge in [0.15, 0.2) is 0 Å². The van der Waals surface area contributed by atoms with E-state index in [1.165, 1.54) is 12.1 Å². The molecule has 0 saturated carbocycles. The van der Waals surface area contributed by atoms with Crippen LogP contribution in [-0.2, 0) is 12.8 Å². The molecule has 158 valence electrons. The van der Waals surface area contributed by atoms with Gasteiger partial charge in [-0.25, -0.2) is 8.78 Å². The van der Waals surface area contributed by atoms with Crippen LogP contribution in [0.5, 0.6) is 5.75 Å². The van der Waals surface area contributed by atoms with Crippen molar-refractivity contribution >= 4 is 22.4 Å². The Kier molecular flexibility index (Phi) is 6.53. The topological polar surface area (TPSA) is 9.23 Å². The van der Waals surface area contributed by atoms with Gasteiger partial charge >= 0.3 is 0 Å². The molecule has 0 bridgehead atoms. The molecule has 1 nitrogen and oxygen atoms in total. The highest BCUT2D eigenvalue weighted by Crippen LogP contribution is 2.29. The molecule has 0 fully saturated rings. The molecular formula is C27H23ClF2O. The number of aryl methyl sites for hydroxylation is 2. The van der Waals surface area contributed by atoms with Gasteiger partial charge in [0.2, 0.25) is 0 Å². The largest absolute Gasteiger partial charge is 0.494 e. The molecule has 0 spiro atoms. The molecule has 4 rings (SSSR count). The first-order chi connectivity index (χ1) is 15.0. The van der Waals surface area contributed by atoms with Crippen molar-refractivity contribution in [1.82, 2.24) is 0 Å². The number of halogens is 3. The van der Waals surface area contributed by atoms with Gasteiger partial charge in [0, 0.05) is 5.39 Å². The van der Waals surface area contributed by atoms with Crippen molar-refractivity contribution in [3.63, 3.8) is 0 Å². The molecule has 31 heavy (non-hydrogen) atoms. The van der Waals surface area contributed by atoms with Crippen molar-refractivity contribution < 1.29 is 13.5 Å². The highest BCUT2D eigenvalue weighted by molar-refractivity contribution is 6.30. The highest BCUT2D eigenvalue weighted by Gasteiger charge is 2.10. The summed E-state index contributed by atoms with van der Waals surface area (Å²) in [6, 6.07) is 22.2. The van der Waals surface area contributed by atoms with Gasteiger partial charge in [0.1, 0.15) is 17.4 Å². The van der Waals surface area contributed by atoms with Crippen molar-refractivity contribution in [1.29, 1.82) is 0 Å². The Morgan fingerprint density at radius 3 is 2.32 bits per heavy atom. The Labute approximate surface area is 186 Å². The van der Waals surface area contributed by atoms with E-state index in [0.717, 1.165) is 34.2 Å². The molecule has 0 radical (unpaired) electrons. The van der Waals surface area contributed by atoms with Gasteiger partial charge in [-0.3, -0.25) is 0 Å². The lowest BCUT2D eigenvalue weighted by Crippen LogP contribution is -1.97. The molecule has 0 aliphatic rings. The van der Waals surface area contributed by atoms with E-state index in [2.05, 4.69) is 6.92 Å². The maximum atomic E-state index is 15.1. The Morgan fingerprint density at radius 1 is 0.806 bits per heavy atom. The molecule has 0 atom stereocenters. The summed E-state index contributed by atoms with van der Waals surface area (Å²) in [5.74, 6) is 0.181. The Morgan fingerprint density at radius 2 is 1.58 bits per heavy atom. The summed E-state index contributed by atoms with van der Waals surface area (Å²) in [5, 5.41) is 1.54. The zero-order valence-electron chi connectivity index (χ0n) is 17.3. The monoisotopic (exact) mass is 436 g/mol. The molecule has 0 aliphatic carbocycles. The third-order valence-electron chi connectivity index (χ3n) is 5.36. The van der Waals surface area contributed by atoms with E-state index in [4.69, 9.17) is 16.3 Å². The maximum absolute atomic E-state index is 15.1. The molecule has 0 aliphatic heterocycles. The maximum Gasteiger partial charge on any atom is 0.142 e. The minimum atomic E-state index is -0.448. The molecule has 4 aromatic carbocycles. The third kappa shape index (κ3) is 4.88. The van der Waals surface area contributed by atoms with Crippen molar-refractivity contribution in [2.24, 2.45) is 0 Å². The predicted octanol–water partition coefficient (Wildman–Crippen LogP) is 8.01. The van der Waals surface area contributed by atoms with E-state index in [0.29, 0.717) is 30.4 Å². The predicted molar refractivity (Wildman–Crippen MR) is 124 cm³/mol. The average molecular weight is 437 g/mol. The lowest BCUT2D eigenvalue weighted by atomic mass is 9.97. The number of benzene rings is 4. The average Bonchev–Trinajstić information content (AvgIpc) is 2.79. The summed E-state index contributed by atoms with van der Waals surface area (Å²) in [6.45, 7) is 2.77. The molecule has 0 unspecified atom stereocenters. The normalized spacial score (nSPS) is 11.1. The van der Waals surface area contributed by atoms with Gasteiger partial charge in [0.25, 0.3) is 0 Å². The van der Waals surface area contributed by atoms with Crippen LogP contribution >= 0.6 is 11.6 Å². The number of fused-ring (bicyclic) bond motifs is 1. The fourth-order valence-electron chi connectivity index (χ4n) is 3.65. The molecule has 0 amide bonds. The Hall–Kier alpha value is -2.91. The van der Waals surface area contributed by atoms with Crippen LogP contribution in [-0.4, -0.2) is 6.61 Å². The summed E-state index contributed by atoms with van der Waals surface area (Å²) in [7, 11) is 0. The van der Waals surface area contributed by atoms with E-state index >= 15 is 4.39 Å². The van der Waals surface area contributed by atoms with E-state index < -0.39 is 5.82 Å². The van der Waals surface area contributed by atoms with Gasteiger partial charge in [-0.2, -0.15) is 0 Å². The van der Waals surface area contributed by atoms with Crippen LogP contribution in [0.15, 0.2) is 72.8 Å². The molecule has 4 aromatic rings. The van der Waals surface area contributed by atoms with Crippen LogP contribution in [0, 0.1) is 11.6 Å². The summed E-state index contributed by atoms with van der Waals surface area (Å²) in [5.41, 5.74) is 3.49. The number of rotatable bonds is 7. The molecular weight excluding hydrogens is 414 g/mol. The van der Waals surface area contributed by atoms with E-state index in [9.17, 15) is 4.39 Å². The zero-order valence-corrected chi connectivity index (χ0v) is 18.1. The second-order valence-electron chi connectivity index (χ2n) is 7.60. The minimum absolute atomic E-state index is 0.0968. The van der Waals surface area contributed by atoms with Crippen molar-refractivity contribution in [2.45, 2.75) is 26.2 Å². The SMILES string of the molecule is CCCOc1ccc(-c2ccc3c(F)c(CCc4ccc(Cl)c(F)c4)ccc3c2)cc1. The minimum Gasteiger partial charge on any atom is -0.494 e. The van der Waals surface area contributed by atoms with Gasteiger partial charge < -0.3 is 4.74 Å². The summed E-state index contributed by atoms with van der Waals surface area (Å²) in [4.78, 5) is 0. The molecule has 4 heteroatoms. The quantitative estimate of drug-likeness (QED) is 0.285. The number of hydrogen-bond acceptors (Lipinski definition) is 1. The van der Waals surface area contributed by atoms with Crippen LogP contribution in [0.2, 0.25) is 5.02 Å². The second kappa shape index (κ2) is 9.49. The van der Waals surface area contributed by atoms with Crippen molar-refractivity contribution in [2.75, 3.05) is 6.61 Å². The first-order valence-electron chi connectivity index (χ1n) is 10.4. The second-order valence-corrected chi connectivity index (χ2v) is 8.00. The third-order valence-corrected chi connectivity index (χ3v) is 5.67. The molecule has 0 aromatic heterocycles. The van der Waals surface area contributed by atoms with Crippen LogP contribution in [0.4, 0.5) is 8.78 Å². The van der Waals surface area contributed by atoms with E-state index in [1.807, 2.05) is 54.6 Å². The van der Waals surface area contributed by atoms with Crippen LogP contribution < -0.4 is 4.74 Å². The van der Waals surface area contributed by atoms with Crippen LogP contribution in [0.1, 0.15) is 24.5 Å². The summed E-state index contributed by atoms with van der Waals surface area (Å²) in [6.07, 6.45) is 2.00. The summed E-state index contributed by atoms with van der Waals surface area (Å²) < 4.78 is 34.4. The fourth-order valence-corrected chi connectivity index (χ4v) is 3.76. The van der Waals surface area contributed by atoms with Gasteiger partial charge in [-0.05, 0) is 77.2 Å².